The molecule has 7 rings (SSSR count). The minimum absolute atomic E-state index is 0.0152. The number of benzene rings is 2. The summed E-state index contributed by atoms with van der Waals surface area (Å²) < 4.78 is 46.7. The van der Waals surface area contributed by atoms with Crippen molar-refractivity contribution in [2.75, 3.05) is 66.5 Å². The van der Waals surface area contributed by atoms with Crippen LogP contribution in [-0.4, -0.2) is 109 Å². The van der Waals surface area contributed by atoms with Crippen molar-refractivity contribution in [3.63, 3.8) is 0 Å². The number of carbonyl (C=O) groups excluding carboxylic acids is 3. The Hall–Kier alpha value is -7.16. The fourth-order valence-electron chi connectivity index (χ4n) is 8.93. The third-order valence-corrected chi connectivity index (χ3v) is 12.7. The smallest absolute Gasteiger partial charge is 0.355 e. The van der Waals surface area contributed by atoms with E-state index in [0.29, 0.717) is 104 Å². The van der Waals surface area contributed by atoms with Gasteiger partial charge in [0.2, 0.25) is 5.60 Å². The van der Waals surface area contributed by atoms with Gasteiger partial charge in [0.25, 0.3) is 5.56 Å². The summed E-state index contributed by atoms with van der Waals surface area (Å²) in [7, 11) is 1.32. The second-order valence-corrected chi connectivity index (χ2v) is 17.3. The number of aromatic hydroxyl groups is 1. The summed E-state index contributed by atoms with van der Waals surface area (Å²) in [6.07, 6.45) is 4.83. The van der Waals surface area contributed by atoms with Crippen LogP contribution in [0.4, 0.5) is 0 Å². The number of H-pyrrole nitrogens is 1. The van der Waals surface area contributed by atoms with Crippen LogP contribution in [0.15, 0.2) is 64.3 Å². The molecule has 3 aromatic heterocycles. The van der Waals surface area contributed by atoms with Crippen LogP contribution in [0, 0.1) is 19.4 Å². The van der Waals surface area contributed by atoms with Crippen LogP contribution in [0.25, 0.3) is 22.3 Å². The number of nitrogens with one attached hydrogen (secondary N) is 3. The Morgan fingerprint density at radius 2 is 1.64 bits per heavy atom. The number of esters is 3. The van der Waals surface area contributed by atoms with Gasteiger partial charge in [-0.1, -0.05) is 13.8 Å². The zero-order valence-corrected chi connectivity index (χ0v) is 41.5. The molecule has 5 heterocycles. The molecule has 0 bridgehead atoms. The standard InChI is InChI=1S/C52H63N7O13/c1-6-39-41-26-36(60)12-13-45(41)55-48-42(39)30-59-46(48)28-44-43(49(59)62)31-71-51(64)52(44,7-2)72-47(61)14-18-66-20-22-68-23-21-67-19-15-54-29-35(56-53)10-8-16-69-37-24-34(50(63)65-5)25-38(27-37)70-17-9-11-40-32(3)57-58-33(40)4/h12-13,24-29,53-54,60H,6-11,14-23,30-31H2,1-5H3,(H,57,58)/b35-29-,56-53?. The molecule has 20 heteroatoms. The van der Waals surface area contributed by atoms with E-state index in [1.165, 1.54) is 12.7 Å². The number of fused-ring (bicyclic) bond motifs is 5. The van der Waals surface area contributed by atoms with Gasteiger partial charge in [0.05, 0.1) is 112 Å². The van der Waals surface area contributed by atoms with E-state index in [-0.39, 0.29) is 62.7 Å². The van der Waals surface area contributed by atoms with Crippen molar-refractivity contribution in [1.82, 2.24) is 25.1 Å². The molecule has 1 atom stereocenters. The van der Waals surface area contributed by atoms with Crippen LogP contribution in [0.2, 0.25) is 0 Å². The second-order valence-electron chi connectivity index (χ2n) is 17.3. The molecule has 0 saturated heterocycles. The van der Waals surface area contributed by atoms with Gasteiger partial charge in [0, 0.05) is 41.0 Å². The van der Waals surface area contributed by atoms with Crippen LogP contribution in [-0.2, 0) is 69.6 Å². The molecule has 1 unspecified atom stereocenters. The van der Waals surface area contributed by atoms with E-state index in [0.717, 1.165) is 40.7 Å². The van der Waals surface area contributed by atoms with E-state index in [2.05, 4.69) is 20.6 Å². The highest BCUT2D eigenvalue weighted by atomic mass is 16.6. The van der Waals surface area contributed by atoms with E-state index in [9.17, 15) is 24.3 Å². The largest absolute Gasteiger partial charge is 0.508 e. The molecule has 0 aliphatic carbocycles. The van der Waals surface area contributed by atoms with E-state index >= 15 is 0 Å². The van der Waals surface area contributed by atoms with Gasteiger partial charge < -0.3 is 52.9 Å². The van der Waals surface area contributed by atoms with Crippen molar-refractivity contribution in [3.8, 4) is 28.6 Å². The molecule has 4 N–H and O–H groups in total. The number of hydrogen-bond donors (Lipinski definition) is 4. The summed E-state index contributed by atoms with van der Waals surface area (Å²) in [6.45, 7) is 10.5. The lowest BCUT2D eigenvalue weighted by Crippen LogP contribution is -2.47. The average Bonchev–Trinajstić information content (AvgIpc) is 3.91. The number of hydrogen-bond acceptors (Lipinski definition) is 18. The topological polar surface area (TPSA) is 257 Å². The SMILES string of the molecule is CCc1c2c(nc3ccc(O)cc13)-c1cc3c(c(=O)n1C2)COC(=O)C3(CC)OC(=O)CCOCCOCCOCCN/C=C(/CCCOc1cc(OCCCc2c(C)n[nH]c2C)cc(C(=O)OC)c1)N=N. The maximum atomic E-state index is 14.0. The van der Waals surface area contributed by atoms with Gasteiger partial charge >= 0.3 is 17.9 Å². The maximum absolute atomic E-state index is 14.0. The molecular weight excluding hydrogens is 931 g/mol. The van der Waals surface area contributed by atoms with Crippen LogP contribution in [0.3, 0.4) is 0 Å². The number of pyridine rings is 2. The van der Waals surface area contributed by atoms with Crippen molar-refractivity contribution in [2.24, 2.45) is 5.11 Å². The Kier molecular flexibility index (Phi) is 18.1. The molecule has 0 radical (unpaired) electrons. The van der Waals surface area contributed by atoms with E-state index in [4.69, 9.17) is 48.4 Å². The lowest BCUT2D eigenvalue weighted by Gasteiger charge is -2.35. The number of phenols is 1. The molecule has 0 saturated carbocycles. The molecule has 0 spiro atoms. The first kappa shape index (κ1) is 52.7. The van der Waals surface area contributed by atoms with Crippen molar-refractivity contribution in [2.45, 2.75) is 91.4 Å². The maximum Gasteiger partial charge on any atom is 0.355 e. The Morgan fingerprint density at radius 1 is 0.917 bits per heavy atom. The Morgan fingerprint density at radius 3 is 2.32 bits per heavy atom. The lowest BCUT2D eigenvalue weighted by atomic mass is 9.85. The summed E-state index contributed by atoms with van der Waals surface area (Å²) in [6, 6.07) is 11.7. The van der Waals surface area contributed by atoms with Crippen LogP contribution < -0.4 is 20.3 Å². The minimum atomic E-state index is -1.82. The van der Waals surface area contributed by atoms with Gasteiger partial charge in [-0.05, 0) is 99.9 Å². The zero-order valence-electron chi connectivity index (χ0n) is 41.5. The summed E-state index contributed by atoms with van der Waals surface area (Å²) in [5.74, 6) is -0.843. The number of cyclic esters (lactones) is 1. The number of nitrogens with zero attached hydrogens (tertiary/aromatic N) is 4. The normalized spacial score (nSPS) is 14.8. The number of aromatic amines is 1. The molecule has 0 fully saturated rings. The van der Waals surface area contributed by atoms with Gasteiger partial charge in [-0.25, -0.2) is 20.1 Å². The van der Waals surface area contributed by atoms with E-state index < -0.39 is 23.5 Å². The van der Waals surface area contributed by atoms with Crippen molar-refractivity contribution < 1.29 is 57.4 Å². The number of allylic oxidation sites excluding steroid dienone is 1. The second kappa shape index (κ2) is 24.8. The highest BCUT2D eigenvalue weighted by molar-refractivity contribution is 5.91. The first-order chi connectivity index (χ1) is 34.9. The lowest BCUT2D eigenvalue weighted by molar-refractivity contribution is -0.190. The van der Waals surface area contributed by atoms with Crippen LogP contribution >= 0.6 is 0 Å². The highest BCUT2D eigenvalue weighted by Crippen LogP contribution is 2.42. The Balaban J connectivity index is 0.770. The fraction of sp³-hybridized carbons (Fsp3) is 0.462. The number of aromatic nitrogens is 4. The summed E-state index contributed by atoms with van der Waals surface area (Å²) in [4.78, 5) is 57.9. The van der Waals surface area contributed by atoms with Gasteiger partial charge in [-0.3, -0.25) is 14.7 Å². The predicted molar refractivity (Wildman–Crippen MR) is 262 cm³/mol. The molecule has 2 aliphatic heterocycles. The molecule has 72 heavy (non-hydrogen) atoms. The summed E-state index contributed by atoms with van der Waals surface area (Å²) in [5, 5.41) is 24.9. The molecule has 0 amide bonds. The number of rotatable bonds is 28. The van der Waals surface area contributed by atoms with Crippen molar-refractivity contribution in [3.05, 3.63) is 109 Å². The summed E-state index contributed by atoms with van der Waals surface area (Å²) >= 11 is 0. The van der Waals surface area contributed by atoms with Gasteiger partial charge in [-0.2, -0.15) is 10.2 Å². The predicted octanol–water partition coefficient (Wildman–Crippen LogP) is 6.80. The highest BCUT2D eigenvalue weighted by Gasteiger charge is 2.50. The molecule has 384 valence electrons. The number of aryl methyl sites for hydroxylation is 3. The summed E-state index contributed by atoms with van der Waals surface area (Å²) in [5.41, 5.74) is 13.6. The van der Waals surface area contributed by atoms with Crippen molar-refractivity contribution in [1.29, 1.82) is 5.53 Å². The van der Waals surface area contributed by atoms with Gasteiger partial charge in [-0.15, -0.1) is 0 Å². The Bertz CT molecular complexity index is 2840. The third kappa shape index (κ3) is 12.3. The van der Waals surface area contributed by atoms with Gasteiger partial charge in [0.15, 0.2) is 0 Å². The molecule has 2 aliphatic rings. The number of methoxy groups -OCH3 is 1. The number of ether oxygens (including phenoxy) is 8. The molecule has 2 aromatic carbocycles. The number of phenolic OH excluding ortho intramolecular Hbond substituents is 1. The molecule has 5 aromatic rings. The third-order valence-electron chi connectivity index (χ3n) is 12.7. The minimum Gasteiger partial charge on any atom is -0.508 e. The average molecular weight is 994 g/mol. The van der Waals surface area contributed by atoms with E-state index in [1.54, 1.807) is 60.2 Å². The molecule has 20 nitrogen and oxygen atoms in total. The first-order valence-electron chi connectivity index (χ1n) is 24.2. The van der Waals surface area contributed by atoms with Crippen molar-refractivity contribution >= 4 is 28.8 Å². The quantitative estimate of drug-likeness (QED) is 0.0171. The zero-order chi connectivity index (χ0) is 51.2. The van der Waals surface area contributed by atoms with Gasteiger partial charge in [0.1, 0.15) is 23.9 Å². The fourth-order valence-corrected chi connectivity index (χ4v) is 8.93. The van der Waals surface area contributed by atoms with Crippen LogP contribution in [0.5, 0.6) is 17.2 Å². The number of carbonyl (C=O) groups is 3. The monoisotopic (exact) mass is 993 g/mol. The van der Waals surface area contributed by atoms with Crippen LogP contribution in [0.1, 0.15) is 95.5 Å². The molecular formula is C52H63N7O13. The van der Waals surface area contributed by atoms with E-state index in [1.807, 2.05) is 20.8 Å². The first-order valence-corrected chi connectivity index (χ1v) is 24.2. The Labute approximate surface area is 416 Å².